The third-order valence-electron chi connectivity index (χ3n) is 5.95. The van der Waals surface area contributed by atoms with Gasteiger partial charge < -0.3 is 14.4 Å². The Morgan fingerprint density at radius 2 is 1.88 bits per heavy atom. The van der Waals surface area contributed by atoms with E-state index in [9.17, 15) is 4.79 Å². The van der Waals surface area contributed by atoms with Gasteiger partial charge in [-0.25, -0.2) is 0 Å². The van der Waals surface area contributed by atoms with Crippen LogP contribution in [0.1, 0.15) is 32.5 Å². The number of carbonyl (C=O) groups is 1. The average molecular weight is 485 g/mol. The SMILES string of the molecule is COc1cccc([C@@H](CN2CCN(C(=O)c3sccc3C)CC2)OCc2cccc(Cl)c2)c1. The van der Waals surface area contributed by atoms with Crippen LogP contribution in [-0.4, -0.2) is 55.5 Å². The summed E-state index contributed by atoms with van der Waals surface area (Å²) in [5.41, 5.74) is 3.17. The highest BCUT2D eigenvalue weighted by Crippen LogP contribution is 2.26. The van der Waals surface area contributed by atoms with Crippen LogP contribution in [0, 0.1) is 6.92 Å². The molecule has 2 heterocycles. The molecule has 5 nitrogen and oxygen atoms in total. The number of rotatable bonds is 8. The average Bonchev–Trinajstić information content (AvgIpc) is 3.27. The Labute approximate surface area is 204 Å². The molecule has 1 aliphatic rings. The molecule has 1 saturated heterocycles. The molecule has 174 valence electrons. The van der Waals surface area contributed by atoms with Crippen LogP contribution >= 0.6 is 22.9 Å². The van der Waals surface area contributed by atoms with E-state index in [0.29, 0.717) is 11.6 Å². The van der Waals surface area contributed by atoms with E-state index in [-0.39, 0.29) is 12.0 Å². The maximum absolute atomic E-state index is 12.9. The van der Waals surface area contributed by atoms with E-state index in [1.54, 1.807) is 7.11 Å². The van der Waals surface area contributed by atoms with Gasteiger partial charge in [-0.2, -0.15) is 0 Å². The van der Waals surface area contributed by atoms with Gasteiger partial charge in [0.2, 0.25) is 0 Å². The number of methoxy groups -OCH3 is 1. The zero-order valence-electron chi connectivity index (χ0n) is 19.0. The standard InChI is InChI=1S/C26H29ClN2O3S/c1-19-9-14-33-25(19)26(30)29-12-10-28(11-13-29)17-24(21-6-4-8-23(16-21)31-2)32-18-20-5-3-7-22(27)15-20/h3-9,14-16,24H,10-13,17-18H2,1-2H3/t24-/m1/s1. The first-order valence-corrected chi connectivity index (χ1v) is 12.3. The summed E-state index contributed by atoms with van der Waals surface area (Å²) < 4.78 is 11.8. The zero-order valence-corrected chi connectivity index (χ0v) is 20.6. The van der Waals surface area contributed by atoms with Crippen molar-refractivity contribution >= 4 is 28.8 Å². The molecule has 3 aromatic rings. The summed E-state index contributed by atoms with van der Waals surface area (Å²) in [4.78, 5) is 18.0. The molecule has 0 radical (unpaired) electrons. The van der Waals surface area contributed by atoms with Crippen LogP contribution in [0.2, 0.25) is 5.02 Å². The van der Waals surface area contributed by atoms with Gasteiger partial charge in [-0.05, 0) is 59.3 Å². The predicted octanol–water partition coefficient (Wildman–Crippen LogP) is 5.43. The number of benzene rings is 2. The third-order valence-corrected chi connectivity index (χ3v) is 7.19. The lowest BCUT2D eigenvalue weighted by Crippen LogP contribution is -2.49. The van der Waals surface area contributed by atoms with Crippen molar-refractivity contribution in [2.45, 2.75) is 19.6 Å². The minimum Gasteiger partial charge on any atom is -0.497 e. The fourth-order valence-corrected chi connectivity index (χ4v) is 5.13. The highest BCUT2D eigenvalue weighted by molar-refractivity contribution is 7.12. The monoisotopic (exact) mass is 484 g/mol. The summed E-state index contributed by atoms with van der Waals surface area (Å²) in [5, 5.41) is 2.69. The summed E-state index contributed by atoms with van der Waals surface area (Å²) in [6, 6.07) is 17.8. The molecule has 1 aliphatic heterocycles. The highest BCUT2D eigenvalue weighted by Gasteiger charge is 2.26. The van der Waals surface area contributed by atoms with Gasteiger partial charge in [0, 0.05) is 37.7 Å². The molecule has 4 rings (SSSR count). The van der Waals surface area contributed by atoms with E-state index in [1.807, 2.05) is 65.7 Å². The van der Waals surface area contributed by atoms with Crippen LogP contribution in [0.25, 0.3) is 0 Å². The van der Waals surface area contributed by atoms with Crippen LogP contribution in [0.15, 0.2) is 60.0 Å². The van der Waals surface area contributed by atoms with Gasteiger partial charge in [0.15, 0.2) is 0 Å². The lowest BCUT2D eigenvalue weighted by atomic mass is 10.1. The zero-order chi connectivity index (χ0) is 23.2. The van der Waals surface area contributed by atoms with Gasteiger partial charge in [0.25, 0.3) is 5.91 Å². The number of hydrogen-bond donors (Lipinski definition) is 0. The van der Waals surface area contributed by atoms with Crippen LogP contribution in [0.3, 0.4) is 0 Å². The molecule has 33 heavy (non-hydrogen) atoms. The Hall–Kier alpha value is -2.38. The normalized spacial score (nSPS) is 15.4. The first-order chi connectivity index (χ1) is 16.0. The fourth-order valence-electron chi connectivity index (χ4n) is 4.02. The van der Waals surface area contributed by atoms with Crippen molar-refractivity contribution < 1.29 is 14.3 Å². The summed E-state index contributed by atoms with van der Waals surface area (Å²) in [5.74, 6) is 0.953. The lowest BCUT2D eigenvalue weighted by molar-refractivity contribution is 0.00338. The molecule has 0 aliphatic carbocycles. The maximum atomic E-state index is 12.9. The van der Waals surface area contributed by atoms with Crippen LogP contribution in [0.5, 0.6) is 5.75 Å². The van der Waals surface area contributed by atoms with Gasteiger partial charge in [0.1, 0.15) is 5.75 Å². The molecular weight excluding hydrogens is 456 g/mol. The van der Waals surface area contributed by atoms with Crippen molar-refractivity contribution in [3.05, 3.63) is 86.6 Å². The molecular formula is C26H29ClN2O3S. The minimum absolute atomic E-state index is 0.124. The number of thiophene rings is 1. The molecule has 0 unspecified atom stereocenters. The number of halogens is 1. The molecule has 2 aromatic carbocycles. The van der Waals surface area contributed by atoms with E-state index in [2.05, 4.69) is 11.0 Å². The molecule has 0 spiro atoms. The second-order valence-corrected chi connectivity index (χ2v) is 9.58. The molecule has 0 bridgehead atoms. The molecule has 0 saturated carbocycles. The molecule has 1 aromatic heterocycles. The molecule has 1 atom stereocenters. The highest BCUT2D eigenvalue weighted by atomic mass is 35.5. The maximum Gasteiger partial charge on any atom is 0.264 e. The minimum atomic E-state index is -0.124. The van der Waals surface area contributed by atoms with E-state index in [4.69, 9.17) is 21.1 Å². The first kappa shape index (κ1) is 23.8. The van der Waals surface area contributed by atoms with Crippen molar-refractivity contribution in [1.29, 1.82) is 0 Å². The van der Waals surface area contributed by atoms with Crippen LogP contribution in [-0.2, 0) is 11.3 Å². The van der Waals surface area contributed by atoms with Gasteiger partial charge in [-0.3, -0.25) is 9.69 Å². The third kappa shape index (κ3) is 6.15. The second-order valence-electron chi connectivity index (χ2n) is 8.23. The Morgan fingerprint density at radius 3 is 2.58 bits per heavy atom. The van der Waals surface area contributed by atoms with Crippen molar-refractivity contribution in [3.8, 4) is 5.75 Å². The summed E-state index contributed by atoms with van der Waals surface area (Å²) in [6.07, 6.45) is -0.124. The van der Waals surface area contributed by atoms with E-state index in [0.717, 1.165) is 60.0 Å². The number of ether oxygens (including phenoxy) is 2. The van der Waals surface area contributed by atoms with Gasteiger partial charge in [-0.1, -0.05) is 35.9 Å². The predicted molar refractivity (Wildman–Crippen MR) is 133 cm³/mol. The number of piperazine rings is 1. The molecule has 7 heteroatoms. The van der Waals surface area contributed by atoms with E-state index in [1.165, 1.54) is 11.3 Å². The Bertz CT molecular complexity index is 1080. The van der Waals surface area contributed by atoms with Crippen molar-refractivity contribution in [2.24, 2.45) is 0 Å². The fraction of sp³-hybridized carbons (Fsp3) is 0.346. The van der Waals surface area contributed by atoms with Gasteiger partial charge in [0.05, 0.1) is 24.7 Å². The van der Waals surface area contributed by atoms with Crippen molar-refractivity contribution in [2.75, 3.05) is 39.8 Å². The van der Waals surface area contributed by atoms with Crippen molar-refractivity contribution in [1.82, 2.24) is 9.80 Å². The van der Waals surface area contributed by atoms with Crippen LogP contribution in [0.4, 0.5) is 0 Å². The topological polar surface area (TPSA) is 42.0 Å². The summed E-state index contributed by atoms with van der Waals surface area (Å²) >= 11 is 7.67. The molecule has 1 fully saturated rings. The largest absolute Gasteiger partial charge is 0.497 e. The molecule has 1 amide bonds. The number of aryl methyl sites for hydroxylation is 1. The van der Waals surface area contributed by atoms with Gasteiger partial charge >= 0.3 is 0 Å². The number of nitrogens with zero attached hydrogens (tertiary/aromatic N) is 2. The first-order valence-electron chi connectivity index (χ1n) is 11.1. The summed E-state index contributed by atoms with van der Waals surface area (Å²) in [7, 11) is 1.67. The lowest BCUT2D eigenvalue weighted by Gasteiger charge is -2.36. The van der Waals surface area contributed by atoms with E-state index < -0.39 is 0 Å². The molecule has 0 N–H and O–H groups in total. The number of carbonyl (C=O) groups excluding carboxylic acids is 1. The number of amides is 1. The second kappa shape index (κ2) is 11.2. The van der Waals surface area contributed by atoms with E-state index >= 15 is 0 Å². The quantitative estimate of drug-likeness (QED) is 0.427. The van der Waals surface area contributed by atoms with Crippen LogP contribution < -0.4 is 4.74 Å². The Kier molecular flexibility index (Phi) is 8.04. The Morgan fingerprint density at radius 1 is 1.09 bits per heavy atom. The summed E-state index contributed by atoms with van der Waals surface area (Å²) in [6.45, 7) is 6.28. The Balaban J connectivity index is 1.41. The number of hydrogen-bond acceptors (Lipinski definition) is 5. The van der Waals surface area contributed by atoms with Gasteiger partial charge in [-0.15, -0.1) is 11.3 Å². The van der Waals surface area contributed by atoms with Crippen molar-refractivity contribution in [3.63, 3.8) is 0 Å². The smallest absolute Gasteiger partial charge is 0.264 e.